The fourth-order valence-electron chi connectivity index (χ4n) is 3.38. The average molecular weight is 384 g/mol. The van der Waals surface area contributed by atoms with E-state index >= 15 is 0 Å². The lowest BCUT2D eigenvalue weighted by molar-refractivity contribution is -0.115. The van der Waals surface area contributed by atoms with Crippen molar-refractivity contribution in [1.29, 1.82) is 0 Å². The van der Waals surface area contributed by atoms with Gasteiger partial charge in [0.1, 0.15) is 0 Å². The van der Waals surface area contributed by atoms with Crippen molar-refractivity contribution in [1.82, 2.24) is 0 Å². The fourth-order valence-corrected chi connectivity index (χ4v) is 4.45. The molecular formula is C23H29NO2S. The third kappa shape index (κ3) is 5.01. The average Bonchev–Trinajstić information content (AvgIpc) is 2.56. The first-order chi connectivity index (χ1) is 12.6. The van der Waals surface area contributed by atoms with Crippen molar-refractivity contribution >= 4 is 29.1 Å². The Hall–Kier alpha value is -2.07. The molecule has 4 heteroatoms. The fraction of sp³-hybridized carbons (Fsp3) is 0.391. The zero-order chi connectivity index (χ0) is 20.3. The molecule has 2 aromatic carbocycles. The lowest BCUT2D eigenvalue weighted by atomic mass is 9.92. The molecule has 0 radical (unpaired) electrons. The van der Waals surface area contributed by atoms with E-state index in [-0.39, 0.29) is 16.9 Å². The highest BCUT2D eigenvalue weighted by molar-refractivity contribution is 7.99. The normalized spacial score (nSPS) is 12.0. The van der Waals surface area contributed by atoms with Gasteiger partial charge in [-0.15, -0.1) is 11.8 Å². The third-order valence-electron chi connectivity index (χ3n) is 4.98. The van der Waals surface area contributed by atoms with Crippen molar-refractivity contribution in [3.8, 4) is 0 Å². The van der Waals surface area contributed by atoms with Crippen LogP contribution in [0.5, 0.6) is 0 Å². The van der Waals surface area contributed by atoms with E-state index < -0.39 is 0 Å². The third-order valence-corrected chi connectivity index (χ3v) is 6.15. The van der Waals surface area contributed by atoms with E-state index in [1.165, 1.54) is 5.56 Å². The lowest BCUT2D eigenvalue weighted by Gasteiger charge is -2.18. The number of benzene rings is 2. The topological polar surface area (TPSA) is 46.2 Å². The summed E-state index contributed by atoms with van der Waals surface area (Å²) in [5.74, 6) is 0.805. The molecule has 0 aliphatic rings. The van der Waals surface area contributed by atoms with E-state index in [2.05, 4.69) is 18.3 Å². The summed E-state index contributed by atoms with van der Waals surface area (Å²) in [6.07, 6.45) is 0. The lowest BCUT2D eigenvalue weighted by Crippen LogP contribution is -2.23. The number of Topliss-reactive ketones (excluding diaryl/α,β-unsaturated/α-hetero) is 1. The van der Waals surface area contributed by atoms with Crippen LogP contribution in [0.15, 0.2) is 24.3 Å². The Morgan fingerprint density at radius 2 is 1.67 bits per heavy atom. The maximum atomic E-state index is 12.6. The molecule has 0 aliphatic carbocycles. The predicted octanol–water partition coefficient (Wildman–Crippen LogP) is 5.69. The second kappa shape index (κ2) is 8.75. The second-order valence-corrected chi connectivity index (χ2v) is 8.64. The van der Waals surface area contributed by atoms with Crippen LogP contribution >= 0.6 is 11.8 Å². The molecule has 144 valence electrons. The predicted molar refractivity (Wildman–Crippen MR) is 116 cm³/mol. The van der Waals surface area contributed by atoms with Gasteiger partial charge in [0, 0.05) is 17.0 Å². The number of anilines is 1. The van der Waals surface area contributed by atoms with Crippen molar-refractivity contribution < 1.29 is 9.59 Å². The number of nitrogens with one attached hydrogen (secondary N) is 1. The zero-order valence-electron chi connectivity index (χ0n) is 17.3. The van der Waals surface area contributed by atoms with Crippen LogP contribution in [0.2, 0.25) is 0 Å². The Kier molecular flexibility index (Phi) is 6.88. The van der Waals surface area contributed by atoms with Crippen LogP contribution in [0, 0.1) is 34.6 Å². The second-order valence-electron chi connectivity index (χ2n) is 7.31. The molecule has 0 aromatic heterocycles. The molecule has 1 N–H and O–H groups in total. The van der Waals surface area contributed by atoms with Crippen molar-refractivity contribution in [2.24, 2.45) is 0 Å². The SMILES string of the molecule is CC(=O)c1c(C)cc(C)c(CSC(C)C(=O)Nc2cc(C)ccc2C)c1C. The van der Waals surface area contributed by atoms with Crippen LogP contribution in [0.3, 0.4) is 0 Å². The van der Waals surface area contributed by atoms with Crippen molar-refractivity contribution in [2.45, 2.75) is 59.5 Å². The Morgan fingerprint density at radius 3 is 2.30 bits per heavy atom. The van der Waals surface area contributed by atoms with Crippen LogP contribution in [-0.2, 0) is 10.5 Å². The van der Waals surface area contributed by atoms with Gasteiger partial charge in [-0.2, -0.15) is 0 Å². The molecule has 2 aromatic rings. The number of amides is 1. The number of hydrogen-bond donors (Lipinski definition) is 1. The maximum Gasteiger partial charge on any atom is 0.237 e. The molecule has 1 unspecified atom stereocenters. The van der Waals surface area contributed by atoms with E-state index in [0.29, 0.717) is 5.75 Å². The summed E-state index contributed by atoms with van der Waals surface area (Å²) < 4.78 is 0. The van der Waals surface area contributed by atoms with Crippen molar-refractivity contribution in [2.75, 3.05) is 5.32 Å². The number of aryl methyl sites for hydroxylation is 4. The number of carbonyl (C=O) groups is 2. The molecular weight excluding hydrogens is 354 g/mol. The summed E-state index contributed by atoms with van der Waals surface area (Å²) in [4.78, 5) is 24.6. The minimum Gasteiger partial charge on any atom is -0.325 e. The van der Waals surface area contributed by atoms with Crippen molar-refractivity contribution in [3.63, 3.8) is 0 Å². The van der Waals surface area contributed by atoms with Gasteiger partial charge in [0.15, 0.2) is 5.78 Å². The molecule has 0 heterocycles. The summed E-state index contributed by atoms with van der Waals surface area (Å²) in [7, 11) is 0. The molecule has 0 saturated carbocycles. The van der Waals surface area contributed by atoms with Crippen LogP contribution in [0.4, 0.5) is 5.69 Å². The minimum absolute atomic E-state index is 0.00269. The summed E-state index contributed by atoms with van der Waals surface area (Å²) in [6, 6.07) is 8.13. The molecule has 0 spiro atoms. The molecule has 2 rings (SSSR count). The molecule has 0 aliphatic heterocycles. The number of carbonyl (C=O) groups excluding carboxylic acids is 2. The molecule has 3 nitrogen and oxygen atoms in total. The number of ketones is 1. The Balaban J connectivity index is 2.12. The first kappa shape index (κ1) is 21.2. The van der Waals surface area contributed by atoms with Gasteiger partial charge in [0.25, 0.3) is 0 Å². The largest absolute Gasteiger partial charge is 0.325 e. The van der Waals surface area contributed by atoms with Gasteiger partial charge in [-0.05, 0) is 87.9 Å². The molecule has 0 fully saturated rings. The Labute approximate surface area is 166 Å². The standard InChI is InChI=1S/C23H29NO2S/c1-13-8-9-14(2)21(10-13)24-23(26)19(7)27-12-20-15(3)11-16(4)22(17(20)5)18(6)25/h8-11,19H,12H2,1-7H3,(H,24,26). The Bertz CT molecular complexity index is 886. The van der Waals surface area contributed by atoms with Crippen LogP contribution in [-0.4, -0.2) is 16.9 Å². The summed E-state index contributed by atoms with van der Waals surface area (Å²) in [5, 5.41) is 2.85. The van der Waals surface area contributed by atoms with Gasteiger partial charge >= 0.3 is 0 Å². The number of thioether (sulfide) groups is 1. The van der Waals surface area contributed by atoms with Crippen molar-refractivity contribution in [3.05, 3.63) is 63.2 Å². The van der Waals surface area contributed by atoms with Crippen LogP contribution < -0.4 is 5.32 Å². The van der Waals surface area contributed by atoms with E-state index in [9.17, 15) is 9.59 Å². The van der Waals surface area contributed by atoms with Crippen LogP contribution in [0.25, 0.3) is 0 Å². The van der Waals surface area contributed by atoms with Gasteiger partial charge < -0.3 is 5.32 Å². The highest BCUT2D eigenvalue weighted by Crippen LogP contribution is 2.28. The highest BCUT2D eigenvalue weighted by atomic mass is 32.2. The van der Waals surface area contributed by atoms with E-state index in [4.69, 9.17) is 0 Å². The van der Waals surface area contributed by atoms with E-state index in [1.807, 2.05) is 52.8 Å². The summed E-state index contributed by atoms with van der Waals surface area (Å²) in [6.45, 7) is 13.6. The summed E-state index contributed by atoms with van der Waals surface area (Å²) in [5.41, 5.74) is 8.24. The van der Waals surface area contributed by atoms with Gasteiger partial charge in [0.2, 0.25) is 5.91 Å². The van der Waals surface area contributed by atoms with Gasteiger partial charge in [-0.1, -0.05) is 18.2 Å². The highest BCUT2D eigenvalue weighted by Gasteiger charge is 2.18. The van der Waals surface area contributed by atoms with Gasteiger partial charge in [-0.25, -0.2) is 0 Å². The van der Waals surface area contributed by atoms with Gasteiger partial charge in [0.05, 0.1) is 5.25 Å². The molecule has 1 atom stereocenters. The molecule has 27 heavy (non-hydrogen) atoms. The van der Waals surface area contributed by atoms with Gasteiger partial charge in [-0.3, -0.25) is 9.59 Å². The first-order valence-corrected chi connectivity index (χ1v) is 10.3. The quantitative estimate of drug-likeness (QED) is 0.652. The number of hydrogen-bond acceptors (Lipinski definition) is 3. The zero-order valence-corrected chi connectivity index (χ0v) is 18.1. The first-order valence-electron chi connectivity index (χ1n) is 9.22. The molecule has 0 saturated heterocycles. The Morgan fingerprint density at radius 1 is 1.00 bits per heavy atom. The number of rotatable bonds is 6. The molecule has 0 bridgehead atoms. The minimum atomic E-state index is -0.189. The molecule has 1 amide bonds. The monoisotopic (exact) mass is 383 g/mol. The van der Waals surface area contributed by atoms with E-state index in [0.717, 1.165) is 39.1 Å². The smallest absolute Gasteiger partial charge is 0.237 e. The maximum absolute atomic E-state index is 12.6. The summed E-state index contributed by atoms with van der Waals surface area (Å²) >= 11 is 1.60. The van der Waals surface area contributed by atoms with E-state index in [1.54, 1.807) is 18.7 Å². The van der Waals surface area contributed by atoms with Crippen LogP contribution in [0.1, 0.15) is 57.6 Å².